The minimum Gasteiger partial charge on any atom is -0.399 e. The molecule has 0 bridgehead atoms. The van der Waals surface area contributed by atoms with Crippen molar-refractivity contribution in [1.29, 1.82) is 0 Å². The van der Waals surface area contributed by atoms with Gasteiger partial charge in [0.05, 0.1) is 11.6 Å². The molecule has 0 aliphatic carbocycles. The Morgan fingerprint density at radius 1 is 1.24 bits per heavy atom. The minimum atomic E-state index is -4.45. The zero-order valence-electron chi connectivity index (χ0n) is 15.8. The van der Waals surface area contributed by atoms with Crippen LogP contribution in [0.4, 0.5) is 24.7 Å². The van der Waals surface area contributed by atoms with Crippen LogP contribution in [0.2, 0.25) is 0 Å². The third-order valence-electron chi connectivity index (χ3n) is 4.88. The molecule has 1 aliphatic rings. The molecule has 0 amide bonds. The van der Waals surface area contributed by atoms with E-state index in [0.29, 0.717) is 22.9 Å². The van der Waals surface area contributed by atoms with Crippen molar-refractivity contribution in [3.05, 3.63) is 59.4 Å². The van der Waals surface area contributed by atoms with Crippen LogP contribution in [0.5, 0.6) is 0 Å². The maximum absolute atomic E-state index is 13.1. The number of aromatic nitrogens is 3. The van der Waals surface area contributed by atoms with Crippen LogP contribution < -0.4 is 16.4 Å². The standard InChI is InChI=1S/C20H21F3N6/c1-12(14-9-15(20(21,22)23)11-16(24)10-14)26-17-3-2-4-18-27-19(28-29(17)18)13-5-7-25-8-6-13/h2-5,9-12,25-26H,6-8,24H2,1H3/t12-/m1/s1. The molecule has 3 aromatic rings. The predicted octanol–water partition coefficient (Wildman–Crippen LogP) is 3.88. The second-order valence-electron chi connectivity index (χ2n) is 7.05. The lowest BCUT2D eigenvalue weighted by Crippen LogP contribution is -2.20. The topological polar surface area (TPSA) is 80.3 Å². The van der Waals surface area contributed by atoms with E-state index in [1.165, 1.54) is 0 Å². The van der Waals surface area contributed by atoms with E-state index in [0.717, 1.165) is 37.2 Å². The van der Waals surface area contributed by atoms with Crippen LogP contribution in [-0.2, 0) is 6.18 Å². The average Bonchev–Trinajstić information content (AvgIpc) is 3.13. The molecule has 4 rings (SSSR count). The molecule has 1 aliphatic heterocycles. The van der Waals surface area contributed by atoms with Crippen LogP contribution >= 0.6 is 0 Å². The van der Waals surface area contributed by atoms with Crippen molar-refractivity contribution in [1.82, 2.24) is 19.9 Å². The molecule has 0 saturated carbocycles. The van der Waals surface area contributed by atoms with Gasteiger partial charge in [-0.05, 0) is 61.4 Å². The highest BCUT2D eigenvalue weighted by Crippen LogP contribution is 2.33. The smallest absolute Gasteiger partial charge is 0.399 e. The summed E-state index contributed by atoms with van der Waals surface area (Å²) in [6.07, 6.45) is -1.54. The first-order valence-corrected chi connectivity index (χ1v) is 9.31. The number of benzene rings is 1. The fraction of sp³-hybridized carbons (Fsp3) is 0.300. The fourth-order valence-electron chi connectivity index (χ4n) is 3.37. The molecule has 9 heteroatoms. The third-order valence-corrected chi connectivity index (χ3v) is 4.88. The van der Waals surface area contributed by atoms with Gasteiger partial charge in [-0.25, -0.2) is 4.98 Å². The maximum Gasteiger partial charge on any atom is 0.416 e. The number of hydrogen-bond acceptors (Lipinski definition) is 5. The van der Waals surface area contributed by atoms with Crippen LogP contribution in [-0.4, -0.2) is 27.7 Å². The Morgan fingerprint density at radius 3 is 2.79 bits per heavy atom. The molecular weight excluding hydrogens is 381 g/mol. The van der Waals surface area contributed by atoms with Gasteiger partial charge in [0.1, 0.15) is 5.82 Å². The lowest BCUT2D eigenvalue weighted by atomic mass is 10.0. The van der Waals surface area contributed by atoms with Crippen molar-refractivity contribution in [2.75, 3.05) is 24.1 Å². The third kappa shape index (κ3) is 4.04. The van der Waals surface area contributed by atoms with Gasteiger partial charge in [-0.1, -0.05) is 12.1 Å². The summed E-state index contributed by atoms with van der Waals surface area (Å²) in [7, 11) is 0. The summed E-state index contributed by atoms with van der Waals surface area (Å²) in [5.74, 6) is 1.30. The summed E-state index contributed by atoms with van der Waals surface area (Å²) in [6.45, 7) is 3.44. The van der Waals surface area contributed by atoms with Crippen molar-refractivity contribution in [3.8, 4) is 0 Å². The van der Waals surface area contributed by atoms with Gasteiger partial charge in [0.25, 0.3) is 0 Å². The highest BCUT2D eigenvalue weighted by Gasteiger charge is 2.31. The van der Waals surface area contributed by atoms with Crippen molar-refractivity contribution in [2.45, 2.75) is 25.6 Å². The van der Waals surface area contributed by atoms with Gasteiger partial charge in [0.2, 0.25) is 0 Å². The molecule has 1 aromatic carbocycles. The Morgan fingerprint density at radius 2 is 2.07 bits per heavy atom. The fourth-order valence-corrected chi connectivity index (χ4v) is 3.37. The van der Waals surface area contributed by atoms with E-state index in [4.69, 9.17) is 5.73 Å². The zero-order valence-corrected chi connectivity index (χ0v) is 15.8. The number of fused-ring (bicyclic) bond motifs is 1. The van der Waals surface area contributed by atoms with Gasteiger partial charge in [-0.3, -0.25) is 0 Å². The van der Waals surface area contributed by atoms with Crippen molar-refractivity contribution in [2.24, 2.45) is 0 Å². The van der Waals surface area contributed by atoms with E-state index in [2.05, 4.69) is 26.8 Å². The lowest BCUT2D eigenvalue weighted by Gasteiger charge is -2.18. The molecule has 4 N–H and O–H groups in total. The molecule has 2 aromatic heterocycles. The molecule has 29 heavy (non-hydrogen) atoms. The van der Waals surface area contributed by atoms with Gasteiger partial charge in [0, 0.05) is 12.2 Å². The molecule has 0 radical (unpaired) electrons. The van der Waals surface area contributed by atoms with Gasteiger partial charge in [0.15, 0.2) is 11.5 Å². The molecular formula is C20H21F3N6. The van der Waals surface area contributed by atoms with Crippen molar-refractivity contribution < 1.29 is 13.2 Å². The van der Waals surface area contributed by atoms with E-state index >= 15 is 0 Å². The van der Waals surface area contributed by atoms with Gasteiger partial charge >= 0.3 is 6.18 Å². The predicted molar refractivity (Wildman–Crippen MR) is 106 cm³/mol. The Kier molecular flexibility index (Phi) is 4.91. The number of pyridine rings is 1. The van der Waals surface area contributed by atoms with Crippen molar-refractivity contribution in [3.63, 3.8) is 0 Å². The van der Waals surface area contributed by atoms with Crippen LogP contribution in [0.1, 0.15) is 36.3 Å². The lowest BCUT2D eigenvalue weighted by molar-refractivity contribution is -0.137. The number of alkyl halides is 3. The highest BCUT2D eigenvalue weighted by molar-refractivity contribution is 5.64. The number of nitrogens with zero attached hydrogens (tertiary/aromatic N) is 3. The number of nitrogens with one attached hydrogen (secondary N) is 2. The molecule has 0 spiro atoms. The van der Waals surface area contributed by atoms with Crippen LogP contribution in [0.25, 0.3) is 11.2 Å². The molecule has 0 saturated heterocycles. The Labute approximate surface area is 165 Å². The van der Waals surface area contributed by atoms with E-state index in [-0.39, 0.29) is 5.69 Å². The SMILES string of the molecule is C[C@@H](Nc1cccc2nc(C3=CCNCC3)nn12)c1cc(N)cc(C(F)(F)F)c1. The molecule has 3 heterocycles. The summed E-state index contributed by atoms with van der Waals surface area (Å²) in [5, 5.41) is 11.1. The van der Waals surface area contributed by atoms with E-state index in [9.17, 15) is 13.2 Å². The summed E-state index contributed by atoms with van der Waals surface area (Å²) >= 11 is 0. The first-order valence-electron chi connectivity index (χ1n) is 9.31. The normalized spacial score (nSPS) is 15.9. The Balaban J connectivity index is 1.65. The van der Waals surface area contributed by atoms with E-state index < -0.39 is 17.8 Å². The maximum atomic E-state index is 13.1. The second-order valence-corrected chi connectivity index (χ2v) is 7.05. The Hall–Kier alpha value is -3.07. The summed E-state index contributed by atoms with van der Waals surface area (Å²) in [5.41, 5.74) is 7.19. The number of hydrogen-bond donors (Lipinski definition) is 3. The van der Waals surface area contributed by atoms with Crippen LogP contribution in [0, 0.1) is 0 Å². The van der Waals surface area contributed by atoms with Gasteiger partial charge in [-0.15, -0.1) is 5.10 Å². The van der Waals surface area contributed by atoms with Crippen molar-refractivity contribution >= 4 is 22.7 Å². The summed E-state index contributed by atoms with van der Waals surface area (Å²) in [6, 6.07) is 8.66. The first kappa shape index (κ1) is 19.3. The number of rotatable bonds is 4. The van der Waals surface area contributed by atoms with E-state index in [1.54, 1.807) is 17.5 Å². The molecule has 152 valence electrons. The second kappa shape index (κ2) is 7.40. The number of nitrogen functional groups attached to an aromatic ring is 1. The van der Waals surface area contributed by atoms with E-state index in [1.807, 2.05) is 18.2 Å². The highest BCUT2D eigenvalue weighted by atomic mass is 19.4. The largest absolute Gasteiger partial charge is 0.416 e. The number of anilines is 2. The molecule has 6 nitrogen and oxygen atoms in total. The average molecular weight is 402 g/mol. The molecule has 0 unspecified atom stereocenters. The number of halogens is 3. The molecule has 0 fully saturated rings. The summed E-state index contributed by atoms with van der Waals surface area (Å²) < 4.78 is 41.0. The van der Waals surface area contributed by atoms with Crippen LogP contribution in [0.15, 0.2) is 42.5 Å². The summed E-state index contributed by atoms with van der Waals surface area (Å²) in [4.78, 5) is 4.58. The zero-order chi connectivity index (χ0) is 20.6. The number of nitrogens with two attached hydrogens (primary N) is 1. The van der Waals surface area contributed by atoms with Gasteiger partial charge in [-0.2, -0.15) is 17.7 Å². The van der Waals surface area contributed by atoms with Crippen LogP contribution in [0.3, 0.4) is 0 Å². The minimum absolute atomic E-state index is 0.0718. The van der Waals surface area contributed by atoms with Gasteiger partial charge < -0.3 is 16.4 Å². The Bertz CT molecular complexity index is 1070. The monoisotopic (exact) mass is 402 g/mol. The first-order chi connectivity index (χ1) is 13.8. The molecule has 1 atom stereocenters. The quantitative estimate of drug-likeness (QED) is 0.577.